The molecule has 0 amide bonds. The van der Waals surface area contributed by atoms with Crippen molar-refractivity contribution in [2.45, 2.75) is 38.5 Å². The number of benzene rings is 1. The lowest BCUT2D eigenvalue weighted by molar-refractivity contribution is 0.119. The number of aliphatic hydroxyl groups excluding tert-OH is 1. The molecule has 1 aromatic rings. The van der Waals surface area contributed by atoms with E-state index in [9.17, 15) is 5.11 Å². The Morgan fingerprint density at radius 3 is 2.38 bits per heavy atom. The number of rotatable bonds is 3. The second-order valence-electron chi connectivity index (χ2n) is 4.86. The van der Waals surface area contributed by atoms with Crippen LogP contribution in [-0.2, 0) is 5.41 Å². The minimum absolute atomic E-state index is 0.0289. The standard InChI is InChI=1S/C14H20O2/c1-10-11(2)13(16-3)6-5-12(10)14(9-15)7-4-8-14/h5-6,15H,4,7-9H2,1-3H3. The van der Waals surface area contributed by atoms with E-state index >= 15 is 0 Å². The van der Waals surface area contributed by atoms with Crippen molar-refractivity contribution in [3.05, 3.63) is 28.8 Å². The van der Waals surface area contributed by atoms with Crippen molar-refractivity contribution < 1.29 is 9.84 Å². The molecule has 0 unspecified atom stereocenters. The monoisotopic (exact) mass is 220 g/mol. The summed E-state index contributed by atoms with van der Waals surface area (Å²) in [5, 5.41) is 9.60. The molecule has 1 aromatic carbocycles. The van der Waals surface area contributed by atoms with E-state index in [2.05, 4.69) is 19.9 Å². The lowest BCUT2D eigenvalue weighted by atomic mass is 9.63. The molecular weight excluding hydrogens is 200 g/mol. The Balaban J connectivity index is 2.46. The van der Waals surface area contributed by atoms with Crippen LogP contribution < -0.4 is 4.74 Å². The Hall–Kier alpha value is -1.02. The highest BCUT2D eigenvalue weighted by Crippen LogP contribution is 2.45. The van der Waals surface area contributed by atoms with Crippen molar-refractivity contribution in [2.24, 2.45) is 0 Å². The van der Waals surface area contributed by atoms with Crippen molar-refractivity contribution in [1.82, 2.24) is 0 Å². The van der Waals surface area contributed by atoms with Gasteiger partial charge < -0.3 is 9.84 Å². The van der Waals surface area contributed by atoms with Crippen LogP contribution in [0.4, 0.5) is 0 Å². The predicted molar refractivity (Wildman–Crippen MR) is 65.1 cm³/mol. The van der Waals surface area contributed by atoms with Crippen LogP contribution in [0.15, 0.2) is 12.1 Å². The van der Waals surface area contributed by atoms with Gasteiger partial charge in [-0.15, -0.1) is 0 Å². The molecule has 2 rings (SSSR count). The molecular formula is C14H20O2. The highest BCUT2D eigenvalue weighted by atomic mass is 16.5. The van der Waals surface area contributed by atoms with Crippen molar-refractivity contribution in [2.75, 3.05) is 13.7 Å². The van der Waals surface area contributed by atoms with Crippen LogP contribution in [0.1, 0.15) is 36.0 Å². The first-order chi connectivity index (χ1) is 7.64. The topological polar surface area (TPSA) is 29.5 Å². The molecule has 0 saturated heterocycles. The van der Waals surface area contributed by atoms with Gasteiger partial charge in [-0.2, -0.15) is 0 Å². The van der Waals surface area contributed by atoms with E-state index in [0.717, 1.165) is 18.6 Å². The zero-order valence-corrected chi connectivity index (χ0v) is 10.3. The summed E-state index contributed by atoms with van der Waals surface area (Å²) in [7, 11) is 1.70. The van der Waals surface area contributed by atoms with Gasteiger partial charge in [0.25, 0.3) is 0 Å². The predicted octanol–water partition coefficient (Wildman–Crippen LogP) is 2.73. The van der Waals surface area contributed by atoms with Crippen LogP contribution in [0.25, 0.3) is 0 Å². The number of hydrogen-bond donors (Lipinski definition) is 1. The zero-order valence-electron chi connectivity index (χ0n) is 10.3. The van der Waals surface area contributed by atoms with Gasteiger partial charge in [-0.25, -0.2) is 0 Å². The highest BCUT2D eigenvalue weighted by Gasteiger charge is 2.39. The number of ether oxygens (including phenoxy) is 1. The summed E-state index contributed by atoms with van der Waals surface area (Å²) in [6.07, 6.45) is 3.44. The Bertz CT molecular complexity index is 386. The maximum atomic E-state index is 9.60. The van der Waals surface area contributed by atoms with Crippen molar-refractivity contribution in [3.8, 4) is 5.75 Å². The van der Waals surface area contributed by atoms with Gasteiger partial charge in [0, 0.05) is 5.41 Å². The van der Waals surface area contributed by atoms with Crippen LogP contribution in [0.3, 0.4) is 0 Å². The molecule has 0 aromatic heterocycles. The van der Waals surface area contributed by atoms with Crippen LogP contribution >= 0.6 is 0 Å². The fourth-order valence-corrected chi connectivity index (χ4v) is 2.71. The second-order valence-corrected chi connectivity index (χ2v) is 4.86. The molecule has 0 aliphatic heterocycles. The minimum atomic E-state index is 0.0289. The fraction of sp³-hybridized carbons (Fsp3) is 0.571. The summed E-state index contributed by atoms with van der Waals surface area (Å²) in [5.74, 6) is 0.939. The molecule has 1 saturated carbocycles. The molecule has 0 atom stereocenters. The smallest absolute Gasteiger partial charge is 0.122 e. The zero-order chi connectivity index (χ0) is 11.8. The van der Waals surface area contributed by atoms with Crippen LogP contribution in [-0.4, -0.2) is 18.8 Å². The van der Waals surface area contributed by atoms with Gasteiger partial charge >= 0.3 is 0 Å². The van der Waals surface area contributed by atoms with Crippen LogP contribution in [0.5, 0.6) is 5.75 Å². The number of aliphatic hydroxyl groups is 1. The summed E-state index contributed by atoms with van der Waals surface area (Å²) < 4.78 is 5.32. The molecule has 0 radical (unpaired) electrons. The van der Waals surface area contributed by atoms with E-state index in [-0.39, 0.29) is 12.0 Å². The average molecular weight is 220 g/mol. The van der Waals surface area contributed by atoms with Crippen LogP contribution in [0, 0.1) is 13.8 Å². The maximum absolute atomic E-state index is 9.60. The molecule has 1 N–H and O–H groups in total. The largest absolute Gasteiger partial charge is 0.496 e. The second kappa shape index (κ2) is 4.10. The van der Waals surface area contributed by atoms with Crippen LogP contribution in [0.2, 0.25) is 0 Å². The molecule has 88 valence electrons. The molecule has 1 aliphatic rings. The van der Waals surface area contributed by atoms with Gasteiger partial charge in [0.2, 0.25) is 0 Å². The van der Waals surface area contributed by atoms with Gasteiger partial charge in [0.15, 0.2) is 0 Å². The molecule has 0 heterocycles. The highest BCUT2D eigenvalue weighted by molar-refractivity contribution is 5.47. The first-order valence-corrected chi connectivity index (χ1v) is 5.90. The Labute approximate surface area is 97.3 Å². The SMILES string of the molecule is COc1ccc(C2(CO)CCC2)c(C)c1C. The Morgan fingerprint density at radius 2 is 1.94 bits per heavy atom. The average Bonchev–Trinajstić information content (AvgIpc) is 2.23. The van der Waals surface area contributed by atoms with Gasteiger partial charge in [-0.1, -0.05) is 12.5 Å². The maximum Gasteiger partial charge on any atom is 0.122 e. The van der Waals surface area contributed by atoms with Gasteiger partial charge in [0.1, 0.15) is 5.75 Å². The minimum Gasteiger partial charge on any atom is -0.496 e. The van der Waals surface area contributed by atoms with E-state index in [1.165, 1.54) is 23.1 Å². The van der Waals surface area contributed by atoms with Crippen molar-refractivity contribution in [1.29, 1.82) is 0 Å². The molecule has 2 nitrogen and oxygen atoms in total. The van der Waals surface area contributed by atoms with Gasteiger partial charge in [-0.05, 0) is 49.4 Å². The van der Waals surface area contributed by atoms with Gasteiger partial charge in [-0.3, -0.25) is 0 Å². The third-order valence-corrected chi connectivity index (χ3v) is 4.14. The first kappa shape index (κ1) is 11.5. The summed E-state index contributed by atoms with van der Waals surface area (Å²) in [5.41, 5.74) is 3.80. The normalized spacial score (nSPS) is 18.0. The summed E-state index contributed by atoms with van der Waals surface area (Å²) in [6.45, 7) is 4.48. The molecule has 0 spiro atoms. The summed E-state index contributed by atoms with van der Waals surface area (Å²) in [4.78, 5) is 0. The number of hydrogen-bond acceptors (Lipinski definition) is 2. The quantitative estimate of drug-likeness (QED) is 0.848. The lowest BCUT2D eigenvalue weighted by Crippen LogP contribution is -2.38. The van der Waals surface area contributed by atoms with E-state index in [1.807, 2.05) is 6.07 Å². The summed E-state index contributed by atoms with van der Waals surface area (Å²) >= 11 is 0. The third-order valence-electron chi connectivity index (χ3n) is 4.14. The first-order valence-electron chi connectivity index (χ1n) is 5.90. The number of methoxy groups -OCH3 is 1. The van der Waals surface area contributed by atoms with E-state index < -0.39 is 0 Å². The van der Waals surface area contributed by atoms with Gasteiger partial charge in [0.05, 0.1) is 13.7 Å². The Morgan fingerprint density at radius 1 is 1.25 bits per heavy atom. The Kier molecular flexibility index (Phi) is 2.94. The summed E-state index contributed by atoms with van der Waals surface area (Å²) in [6, 6.07) is 4.14. The molecule has 1 fully saturated rings. The molecule has 1 aliphatic carbocycles. The molecule has 16 heavy (non-hydrogen) atoms. The third kappa shape index (κ3) is 1.52. The lowest BCUT2D eigenvalue weighted by Gasteiger charge is -2.42. The van der Waals surface area contributed by atoms with E-state index in [0.29, 0.717) is 0 Å². The van der Waals surface area contributed by atoms with Crippen molar-refractivity contribution >= 4 is 0 Å². The van der Waals surface area contributed by atoms with E-state index in [4.69, 9.17) is 4.74 Å². The molecule has 2 heteroatoms. The van der Waals surface area contributed by atoms with E-state index in [1.54, 1.807) is 7.11 Å². The molecule has 0 bridgehead atoms. The van der Waals surface area contributed by atoms with Crippen molar-refractivity contribution in [3.63, 3.8) is 0 Å². The fourth-order valence-electron chi connectivity index (χ4n) is 2.71.